The second-order valence-electron chi connectivity index (χ2n) is 5.82. The van der Waals surface area contributed by atoms with E-state index in [2.05, 4.69) is 30.4 Å². The number of benzene rings is 1. The lowest BCUT2D eigenvalue weighted by Crippen LogP contribution is -2.29. The van der Waals surface area contributed by atoms with Crippen LogP contribution in [-0.2, 0) is 0 Å². The first-order chi connectivity index (χ1) is 9.72. The summed E-state index contributed by atoms with van der Waals surface area (Å²) in [5.74, 6) is 0.704. The molecule has 3 rings (SSSR count). The number of fused-ring (bicyclic) bond motifs is 1. The van der Waals surface area contributed by atoms with Gasteiger partial charge in [0.15, 0.2) is 0 Å². The highest BCUT2D eigenvalue weighted by atomic mass is 32.1. The van der Waals surface area contributed by atoms with Crippen LogP contribution in [0.3, 0.4) is 0 Å². The van der Waals surface area contributed by atoms with Gasteiger partial charge in [-0.3, -0.25) is 0 Å². The Morgan fingerprint density at radius 3 is 2.80 bits per heavy atom. The fourth-order valence-electron chi connectivity index (χ4n) is 2.85. The Labute approximate surface area is 124 Å². The van der Waals surface area contributed by atoms with Crippen molar-refractivity contribution < 1.29 is 5.11 Å². The molecule has 1 aliphatic rings. The van der Waals surface area contributed by atoms with Gasteiger partial charge in [0.05, 0.1) is 22.4 Å². The minimum absolute atomic E-state index is 0.0621. The molecule has 1 aromatic heterocycles. The van der Waals surface area contributed by atoms with Gasteiger partial charge >= 0.3 is 0 Å². The number of hydrogen-bond acceptors (Lipinski definition) is 4. The summed E-state index contributed by atoms with van der Waals surface area (Å²) in [4.78, 5) is 4.70. The molecule has 3 nitrogen and oxygen atoms in total. The van der Waals surface area contributed by atoms with Gasteiger partial charge in [-0.1, -0.05) is 12.1 Å². The third kappa shape index (κ3) is 3.19. The molecule has 1 atom stereocenters. The van der Waals surface area contributed by atoms with Gasteiger partial charge in [-0.15, -0.1) is 11.3 Å². The average Bonchev–Trinajstić information content (AvgIpc) is 2.90. The SMILES string of the molecule is CC(NCC1CCC(O)CC1)c1nc2ccccc2s1. The van der Waals surface area contributed by atoms with Crippen LogP contribution in [0, 0.1) is 5.92 Å². The largest absolute Gasteiger partial charge is 0.393 e. The Hall–Kier alpha value is -0.970. The van der Waals surface area contributed by atoms with Crippen LogP contribution in [0.4, 0.5) is 0 Å². The fraction of sp³-hybridized carbons (Fsp3) is 0.562. The van der Waals surface area contributed by atoms with Crippen LogP contribution in [0.5, 0.6) is 0 Å². The lowest BCUT2D eigenvalue weighted by atomic mass is 9.87. The summed E-state index contributed by atoms with van der Waals surface area (Å²) in [6.07, 6.45) is 4.14. The molecule has 1 aromatic carbocycles. The summed E-state index contributed by atoms with van der Waals surface area (Å²) >= 11 is 1.78. The molecule has 1 saturated carbocycles. The van der Waals surface area contributed by atoms with E-state index in [0.717, 1.165) is 37.7 Å². The molecule has 108 valence electrons. The van der Waals surface area contributed by atoms with Gasteiger partial charge in [0.1, 0.15) is 5.01 Å². The Bertz CT molecular complexity index is 527. The summed E-state index contributed by atoms with van der Waals surface area (Å²) in [7, 11) is 0. The van der Waals surface area contributed by atoms with Crippen molar-refractivity contribution in [3.8, 4) is 0 Å². The Kier molecular flexibility index (Phi) is 4.34. The van der Waals surface area contributed by atoms with Gasteiger partial charge in [0.2, 0.25) is 0 Å². The zero-order valence-electron chi connectivity index (χ0n) is 11.9. The van der Waals surface area contributed by atoms with Crippen LogP contribution in [0.2, 0.25) is 0 Å². The predicted molar refractivity (Wildman–Crippen MR) is 84.0 cm³/mol. The van der Waals surface area contributed by atoms with E-state index >= 15 is 0 Å². The van der Waals surface area contributed by atoms with Crippen LogP contribution in [0.15, 0.2) is 24.3 Å². The quantitative estimate of drug-likeness (QED) is 0.906. The van der Waals surface area contributed by atoms with E-state index in [0.29, 0.717) is 12.0 Å². The zero-order chi connectivity index (χ0) is 13.9. The number of para-hydroxylation sites is 1. The maximum absolute atomic E-state index is 9.53. The summed E-state index contributed by atoms with van der Waals surface area (Å²) in [6.45, 7) is 3.22. The monoisotopic (exact) mass is 290 g/mol. The van der Waals surface area contributed by atoms with Gasteiger partial charge in [-0.2, -0.15) is 0 Å². The molecule has 20 heavy (non-hydrogen) atoms. The molecule has 4 heteroatoms. The number of thiazole rings is 1. The Balaban J connectivity index is 1.57. The van der Waals surface area contributed by atoms with E-state index in [1.807, 2.05) is 6.07 Å². The number of hydrogen-bond donors (Lipinski definition) is 2. The van der Waals surface area contributed by atoms with Crippen LogP contribution >= 0.6 is 11.3 Å². The second kappa shape index (κ2) is 6.20. The average molecular weight is 290 g/mol. The third-order valence-corrected chi connectivity index (χ3v) is 5.43. The van der Waals surface area contributed by atoms with Gasteiger partial charge in [-0.25, -0.2) is 4.98 Å². The first-order valence-electron chi connectivity index (χ1n) is 7.49. The highest BCUT2D eigenvalue weighted by Gasteiger charge is 2.20. The van der Waals surface area contributed by atoms with Crippen molar-refractivity contribution in [1.82, 2.24) is 10.3 Å². The molecule has 1 heterocycles. The molecular weight excluding hydrogens is 268 g/mol. The predicted octanol–water partition coefficient (Wildman–Crippen LogP) is 3.50. The highest BCUT2D eigenvalue weighted by Crippen LogP contribution is 2.27. The van der Waals surface area contributed by atoms with Crippen LogP contribution in [0.1, 0.15) is 43.7 Å². The molecule has 0 aliphatic heterocycles. The summed E-state index contributed by atoms with van der Waals surface area (Å²) in [5, 5.41) is 14.3. The van der Waals surface area contributed by atoms with Gasteiger partial charge in [-0.05, 0) is 57.2 Å². The van der Waals surface area contributed by atoms with Crippen molar-refractivity contribution in [1.29, 1.82) is 0 Å². The first-order valence-corrected chi connectivity index (χ1v) is 8.31. The van der Waals surface area contributed by atoms with Crippen LogP contribution in [-0.4, -0.2) is 22.7 Å². The molecule has 1 fully saturated rings. The molecule has 2 aromatic rings. The summed E-state index contributed by atoms with van der Waals surface area (Å²) < 4.78 is 1.26. The Morgan fingerprint density at radius 2 is 2.05 bits per heavy atom. The lowest BCUT2D eigenvalue weighted by molar-refractivity contribution is 0.108. The van der Waals surface area contributed by atoms with E-state index in [1.165, 1.54) is 9.71 Å². The molecule has 1 unspecified atom stereocenters. The van der Waals surface area contributed by atoms with Crippen molar-refractivity contribution in [2.24, 2.45) is 5.92 Å². The first kappa shape index (κ1) is 14.0. The minimum atomic E-state index is -0.0621. The van der Waals surface area contributed by atoms with E-state index in [-0.39, 0.29) is 6.10 Å². The molecule has 1 aliphatic carbocycles. The van der Waals surface area contributed by atoms with E-state index < -0.39 is 0 Å². The number of nitrogens with one attached hydrogen (secondary N) is 1. The summed E-state index contributed by atoms with van der Waals surface area (Å²) in [6, 6.07) is 8.61. The maximum Gasteiger partial charge on any atom is 0.111 e. The Morgan fingerprint density at radius 1 is 1.30 bits per heavy atom. The molecule has 0 bridgehead atoms. The van der Waals surface area contributed by atoms with Crippen molar-refractivity contribution in [2.45, 2.75) is 44.8 Å². The van der Waals surface area contributed by atoms with Gasteiger partial charge in [0, 0.05) is 0 Å². The van der Waals surface area contributed by atoms with E-state index in [1.54, 1.807) is 11.3 Å². The standard InChI is InChI=1S/C16H22N2OS/c1-11(17-10-12-6-8-13(19)9-7-12)16-18-14-4-2-3-5-15(14)20-16/h2-5,11-13,17,19H,6-10H2,1H3. The van der Waals surface area contributed by atoms with Gasteiger partial charge < -0.3 is 10.4 Å². The van der Waals surface area contributed by atoms with E-state index in [9.17, 15) is 5.11 Å². The molecule has 0 radical (unpaired) electrons. The van der Waals surface area contributed by atoms with Crippen LogP contribution < -0.4 is 5.32 Å². The molecule has 0 amide bonds. The maximum atomic E-state index is 9.53. The number of aromatic nitrogens is 1. The van der Waals surface area contributed by atoms with E-state index in [4.69, 9.17) is 4.98 Å². The van der Waals surface area contributed by atoms with Crippen molar-refractivity contribution in [2.75, 3.05) is 6.54 Å². The number of nitrogens with zero attached hydrogens (tertiary/aromatic N) is 1. The number of aliphatic hydroxyl groups excluding tert-OH is 1. The fourth-order valence-corrected chi connectivity index (χ4v) is 3.85. The number of rotatable bonds is 4. The highest BCUT2D eigenvalue weighted by molar-refractivity contribution is 7.18. The van der Waals surface area contributed by atoms with Crippen molar-refractivity contribution in [3.63, 3.8) is 0 Å². The molecule has 0 saturated heterocycles. The molecular formula is C16H22N2OS. The third-order valence-electron chi connectivity index (χ3n) is 4.21. The lowest BCUT2D eigenvalue weighted by Gasteiger charge is -2.26. The van der Waals surface area contributed by atoms with Gasteiger partial charge in [0.25, 0.3) is 0 Å². The molecule has 0 spiro atoms. The van der Waals surface area contributed by atoms with Crippen molar-refractivity contribution in [3.05, 3.63) is 29.3 Å². The second-order valence-corrected chi connectivity index (χ2v) is 6.89. The minimum Gasteiger partial charge on any atom is -0.393 e. The molecule has 2 N–H and O–H groups in total. The van der Waals surface area contributed by atoms with Crippen LogP contribution in [0.25, 0.3) is 10.2 Å². The summed E-state index contributed by atoms with van der Waals surface area (Å²) in [5.41, 5.74) is 1.10. The number of aliphatic hydroxyl groups is 1. The smallest absolute Gasteiger partial charge is 0.111 e. The topological polar surface area (TPSA) is 45.1 Å². The zero-order valence-corrected chi connectivity index (χ0v) is 12.7. The normalized spacial score (nSPS) is 24.9. The van der Waals surface area contributed by atoms with Crippen molar-refractivity contribution >= 4 is 21.6 Å².